The largest absolute Gasteiger partial charge is 0.394 e. The molecule has 0 bridgehead atoms. The van der Waals surface area contributed by atoms with E-state index < -0.39 is 6.10 Å². The summed E-state index contributed by atoms with van der Waals surface area (Å²) in [4.78, 5) is 11.1. The van der Waals surface area contributed by atoms with Crippen molar-refractivity contribution >= 4 is 6.03 Å². The average molecular weight is 218 g/mol. The quantitative estimate of drug-likeness (QED) is 0.440. The van der Waals surface area contributed by atoms with E-state index in [1.807, 2.05) is 0 Å². The summed E-state index contributed by atoms with van der Waals surface area (Å²) in [6.45, 7) is 2.53. The zero-order chi connectivity index (χ0) is 11.5. The number of aliphatic hydroxyl groups excluding tert-OH is 2. The summed E-state index contributed by atoms with van der Waals surface area (Å²) in [5.41, 5.74) is 0. The molecule has 0 saturated carbocycles. The van der Waals surface area contributed by atoms with Crippen molar-refractivity contribution in [3.63, 3.8) is 0 Å². The second-order valence-electron chi connectivity index (χ2n) is 3.53. The van der Waals surface area contributed by atoms with Crippen molar-refractivity contribution in [3.05, 3.63) is 0 Å². The maximum atomic E-state index is 11.1. The van der Waals surface area contributed by atoms with Gasteiger partial charge in [0.05, 0.1) is 12.7 Å². The van der Waals surface area contributed by atoms with Gasteiger partial charge in [-0.15, -0.1) is 0 Å². The molecule has 0 heterocycles. The summed E-state index contributed by atoms with van der Waals surface area (Å²) in [6.07, 6.45) is 3.58. The smallest absolute Gasteiger partial charge is 0.314 e. The zero-order valence-electron chi connectivity index (χ0n) is 9.33. The van der Waals surface area contributed by atoms with Crippen LogP contribution in [0.1, 0.15) is 32.6 Å². The molecule has 90 valence electrons. The van der Waals surface area contributed by atoms with E-state index >= 15 is 0 Å². The van der Waals surface area contributed by atoms with Crippen molar-refractivity contribution < 1.29 is 15.0 Å². The number of carbonyl (C=O) groups is 1. The van der Waals surface area contributed by atoms with Crippen molar-refractivity contribution in [2.75, 3.05) is 19.7 Å². The first-order valence-corrected chi connectivity index (χ1v) is 5.51. The fourth-order valence-electron chi connectivity index (χ4n) is 1.09. The number of unbranched alkanes of at least 4 members (excludes halogenated alkanes) is 3. The number of hydrogen-bond donors (Lipinski definition) is 4. The van der Waals surface area contributed by atoms with Crippen LogP contribution in [0, 0.1) is 0 Å². The third-order valence-corrected chi connectivity index (χ3v) is 2.02. The molecule has 0 aromatic heterocycles. The van der Waals surface area contributed by atoms with Crippen LogP contribution in [0.2, 0.25) is 0 Å². The molecule has 0 radical (unpaired) electrons. The van der Waals surface area contributed by atoms with E-state index in [0.717, 1.165) is 12.8 Å². The lowest BCUT2D eigenvalue weighted by Crippen LogP contribution is -2.40. The SMILES string of the molecule is CCCCCCNC(=O)NCC(O)CO. The van der Waals surface area contributed by atoms with E-state index in [9.17, 15) is 4.79 Å². The van der Waals surface area contributed by atoms with Crippen molar-refractivity contribution in [2.24, 2.45) is 0 Å². The van der Waals surface area contributed by atoms with Crippen molar-refractivity contribution in [3.8, 4) is 0 Å². The molecular weight excluding hydrogens is 196 g/mol. The van der Waals surface area contributed by atoms with Gasteiger partial charge in [-0.3, -0.25) is 0 Å². The maximum absolute atomic E-state index is 11.1. The highest BCUT2D eigenvalue weighted by molar-refractivity contribution is 5.73. The van der Waals surface area contributed by atoms with Crippen LogP contribution in [0.5, 0.6) is 0 Å². The Morgan fingerprint density at radius 3 is 2.60 bits per heavy atom. The second-order valence-corrected chi connectivity index (χ2v) is 3.53. The van der Waals surface area contributed by atoms with E-state index in [-0.39, 0.29) is 19.2 Å². The van der Waals surface area contributed by atoms with Crippen LogP contribution in [0.4, 0.5) is 4.79 Å². The van der Waals surface area contributed by atoms with E-state index in [1.54, 1.807) is 0 Å². The number of urea groups is 1. The van der Waals surface area contributed by atoms with Crippen LogP contribution < -0.4 is 10.6 Å². The molecule has 0 aromatic carbocycles. The standard InChI is InChI=1S/C10H22N2O3/c1-2-3-4-5-6-11-10(15)12-7-9(14)8-13/h9,13-14H,2-8H2,1H3,(H2,11,12,15). The molecule has 0 rings (SSSR count). The Morgan fingerprint density at radius 1 is 1.27 bits per heavy atom. The van der Waals surface area contributed by atoms with Crippen LogP contribution in [-0.2, 0) is 0 Å². The van der Waals surface area contributed by atoms with Gasteiger partial charge >= 0.3 is 6.03 Å². The monoisotopic (exact) mass is 218 g/mol. The van der Waals surface area contributed by atoms with E-state index in [0.29, 0.717) is 6.54 Å². The van der Waals surface area contributed by atoms with E-state index in [2.05, 4.69) is 17.6 Å². The number of carbonyl (C=O) groups excluding carboxylic acids is 1. The molecule has 15 heavy (non-hydrogen) atoms. The molecule has 0 fully saturated rings. The Kier molecular flexibility index (Phi) is 9.21. The van der Waals surface area contributed by atoms with Crippen LogP contribution >= 0.6 is 0 Å². The number of aliphatic hydroxyl groups is 2. The topological polar surface area (TPSA) is 81.6 Å². The summed E-state index contributed by atoms with van der Waals surface area (Å²) in [6, 6.07) is -0.293. The fourth-order valence-corrected chi connectivity index (χ4v) is 1.09. The second kappa shape index (κ2) is 9.73. The lowest BCUT2D eigenvalue weighted by molar-refractivity contribution is 0.0959. The minimum absolute atomic E-state index is 0.0806. The Labute approximate surface area is 90.9 Å². The van der Waals surface area contributed by atoms with Crippen LogP contribution in [0.25, 0.3) is 0 Å². The first-order valence-electron chi connectivity index (χ1n) is 5.51. The van der Waals surface area contributed by atoms with Gasteiger partial charge in [-0.25, -0.2) is 4.79 Å². The van der Waals surface area contributed by atoms with Gasteiger partial charge in [0.15, 0.2) is 0 Å². The third kappa shape index (κ3) is 9.49. The minimum Gasteiger partial charge on any atom is -0.394 e. The predicted molar refractivity (Wildman–Crippen MR) is 58.6 cm³/mol. The average Bonchev–Trinajstić information content (AvgIpc) is 2.25. The van der Waals surface area contributed by atoms with Crippen LogP contribution in [0.15, 0.2) is 0 Å². The molecule has 0 aliphatic rings. The summed E-state index contributed by atoms with van der Waals surface area (Å²) >= 11 is 0. The lowest BCUT2D eigenvalue weighted by Gasteiger charge is -2.10. The first kappa shape index (κ1) is 14.2. The Hall–Kier alpha value is -0.810. The molecule has 0 aliphatic carbocycles. The molecule has 1 unspecified atom stereocenters. The van der Waals surface area contributed by atoms with Gasteiger partial charge in [-0.2, -0.15) is 0 Å². The van der Waals surface area contributed by atoms with Gasteiger partial charge in [-0.1, -0.05) is 26.2 Å². The van der Waals surface area contributed by atoms with E-state index in [4.69, 9.17) is 10.2 Å². The van der Waals surface area contributed by atoms with Gasteiger partial charge < -0.3 is 20.8 Å². The molecule has 5 heteroatoms. The van der Waals surface area contributed by atoms with Crippen molar-refractivity contribution in [2.45, 2.75) is 38.7 Å². The number of amides is 2. The fraction of sp³-hybridized carbons (Fsp3) is 0.900. The molecule has 0 aromatic rings. The maximum Gasteiger partial charge on any atom is 0.314 e. The van der Waals surface area contributed by atoms with E-state index in [1.165, 1.54) is 12.8 Å². The molecular formula is C10H22N2O3. The van der Waals surface area contributed by atoms with Gasteiger partial charge in [0.25, 0.3) is 0 Å². The summed E-state index contributed by atoms with van der Waals surface area (Å²) in [5.74, 6) is 0. The van der Waals surface area contributed by atoms with Crippen molar-refractivity contribution in [1.82, 2.24) is 10.6 Å². The first-order chi connectivity index (χ1) is 7.20. The predicted octanol–water partition coefficient (Wildman–Crippen LogP) is 0.219. The van der Waals surface area contributed by atoms with Crippen LogP contribution in [-0.4, -0.2) is 42.0 Å². The number of hydrogen-bond acceptors (Lipinski definition) is 3. The molecule has 0 aliphatic heterocycles. The highest BCUT2D eigenvalue weighted by Crippen LogP contribution is 1.96. The molecule has 0 spiro atoms. The number of nitrogens with one attached hydrogen (secondary N) is 2. The summed E-state index contributed by atoms with van der Waals surface area (Å²) in [5, 5.41) is 22.6. The minimum atomic E-state index is -0.879. The molecule has 2 amide bonds. The highest BCUT2D eigenvalue weighted by atomic mass is 16.3. The highest BCUT2D eigenvalue weighted by Gasteiger charge is 2.04. The van der Waals surface area contributed by atoms with Gasteiger partial charge in [0.2, 0.25) is 0 Å². The molecule has 1 atom stereocenters. The summed E-state index contributed by atoms with van der Waals surface area (Å²) < 4.78 is 0. The third-order valence-electron chi connectivity index (χ3n) is 2.02. The normalized spacial score (nSPS) is 12.2. The summed E-state index contributed by atoms with van der Waals surface area (Å²) in [7, 11) is 0. The van der Waals surface area contributed by atoms with Gasteiger partial charge in [0.1, 0.15) is 0 Å². The van der Waals surface area contributed by atoms with Crippen LogP contribution in [0.3, 0.4) is 0 Å². The molecule has 5 nitrogen and oxygen atoms in total. The van der Waals surface area contributed by atoms with Crippen molar-refractivity contribution in [1.29, 1.82) is 0 Å². The number of rotatable bonds is 8. The Morgan fingerprint density at radius 2 is 2.00 bits per heavy atom. The zero-order valence-corrected chi connectivity index (χ0v) is 9.33. The van der Waals surface area contributed by atoms with Gasteiger partial charge in [0, 0.05) is 13.1 Å². The molecule has 4 N–H and O–H groups in total. The lowest BCUT2D eigenvalue weighted by atomic mass is 10.2. The Balaban J connectivity index is 3.26. The molecule has 0 saturated heterocycles. The Bertz CT molecular complexity index is 165. The van der Waals surface area contributed by atoms with Gasteiger partial charge in [-0.05, 0) is 6.42 Å².